The molecule has 1 amide bonds. The van der Waals surface area contributed by atoms with Gasteiger partial charge >= 0.3 is 0 Å². The average Bonchev–Trinajstić information content (AvgIpc) is 3.43. The SMILES string of the molecule is CC(C)(C)C(N)C(=O)N1CCC2C1C(Cn1cc(-c3ccc(F)cc3)nn1)CN2S(C)(=O)=O. The van der Waals surface area contributed by atoms with Gasteiger partial charge in [-0.05, 0) is 36.1 Å². The summed E-state index contributed by atoms with van der Waals surface area (Å²) < 4.78 is 41.4. The second-order valence-electron chi connectivity index (χ2n) is 10.1. The summed E-state index contributed by atoms with van der Waals surface area (Å²) >= 11 is 0. The molecule has 2 N–H and O–H groups in total. The first-order valence-corrected chi connectivity index (χ1v) is 12.9. The zero-order valence-electron chi connectivity index (χ0n) is 19.3. The summed E-state index contributed by atoms with van der Waals surface area (Å²) in [6.45, 7) is 6.93. The molecule has 2 aromatic rings. The van der Waals surface area contributed by atoms with E-state index < -0.39 is 21.5 Å². The van der Waals surface area contributed by atoms with E-state index in [2.05, 4.69) is 10.3 Å². The van der Waals surface area contributed by atoms with Crippen molar-refractivity contribution in [1.29, 1.82) is 0 Å². The number of halogens is 1. The molecular formula is C22H31FN6O3S. The lowest BCUT2D eigenvalue weighted by Crippen LogP contribution is -2.54. The van der Waals surface area contributed by atoms with Gasteiger partial charge in [-0.15, -0.1) is 5.10 Å². The molecule has 0 bridgehead atoms. The number of carbonyl (C=O) groups excluding carboxylic acids is 1. The van der Waals surface area contributed by atoms with E-state index in [4.69, 9.17) is 5.73 Å². The van der Waals surface area contributed by atoms with Crippen molar-refractivity contribution in [2.75, 3.05) is 19.3 Å². The molecule has 2 saturated heterocycles. The maximum Gasteiger partial charge on any atom is 0.240 e. The molecule has 33 heavy (non-hydrogen) atoms. The van der Waals surface area contributed by atoms with Crippen LogP contribution in [-0.2, 0) is 21.4 Å². The number of sulfonamides is 1. The van der Waals surface area contributed by atoms with E-state index in [1.807, 2.05) is 20.8 Å². The van der Waals surface area contributed by atoms with Gasteiger partial charge in [0.1, 0.15) is 11.5 Å². The van der Waals surface area contributed by atoms with Crippen LogP contribution in [0.1, 0.15) is 27.2 Å². The molecule has 3 heterocycles. The van der Waals surface area contributed by atoms with Crippen molar-refractivity contribution in [2.45, 2.75) is 51.9 Å². The lowest BCUT2D eigenvalue weighted by molar-refractivity contribution is -0.136. The molecular weight excluding hydrogens is 447 g/mol. The van der Waals surface area contributed by atoms with Gasteiger partial charge in [0.2, 0.25) is 15.9 Å². The third-order valence-corrected chi connectivity index (χ3v) is 7.97. The Hall–Kier alpha value is -2.37. The number of aromatic nitrogens is 3. The van der Waals surface area contributed by atoms with Crippen LogP contribution >= 0.6 is 0 Å². The standard InChI is InChI=1S/C22H31FN6O3S/c1-22(2,3)20(24)21(30)28-10-9-18-19(28)15(12-29(18)33(4,31)32)11-27-13-17(25-26-27)14-5-7-16(23)8-6-14/h5-8,13,15,18-20H,9-12,24H2,1-4H3. The highest BCUT2D eigenvalue weighted by molar-refractivity contribution is 7.88. The van der Waals surface area contributed by atoms with Gasteiger partial charge in [-0.3, -0.25) is 9.48 Å². The first-order valence-electron chi connectivity index (χ1n) is 11.0. The molecule has 0 spiro atoms. The molecule has 2 aliphatic rings. The van der Waals surface area contributed by atoms with Crippen molar-refractivity contribution in [3.63, 3.8) is 0 Å². The van der Waals surface area contributed by atoms with E-state index in [1.165, 1.54) is 22.7 Å². The molecule has 4 atom stereocenters. The normalized spacial score (nSPS) is 24.8. The van der Waals surface area contributed by atoms with Crippen LogP contribution in [0.3, 0.4) is 0 Å². The molecule has 4 unspecified atom stereocenters. The smallest absolute Gasteiger partial charge is 0.240 e. The quantitative estimate of drug-likeness (QED) is 0.693. The van der Waals surface area contributed by atoms with E-state index in [9.17, 15) is 17.6 Å². The maximum atomic E-state index is 13.3. The monoisotopic (exact) mass is 478 g/mol. The maximum absolute atomic E-state index is 13.3. The summed E-state index contributed by atoms with van der Waals surface area (Å²) in [4.78, 5) is 15.0. The zero-order valence-corrected chi connectivity index (χ0v) is 20.2. The lowest BCUT2D eigenvalue weighted by Gasteiger charge is -2.34. The van der Waals surface area contributed by atoms with E-state index >= 15 is 0 Å². The predicted molar refractivity (Wildman–Crippen MR) is 122 cm³/mol. The second-order valence-corrected chi connectivity index (χ2v) is 12.1. The van der Waals surface area contributed by atoms with Gasteiger partial charge in [0, 0.05) is 37.2 Å². The second kappa shape index (κ2) is 8.44. The van der Waals surface area contributed by atoms with E-state index in [0.717, 1.165) is 5.56 Å². The highest BCUT2D eigenvalue weighted by atomic mass is 32.2. The summed E-state index contributed by atoms with van der Waals surface area (Å²) in [5, 5.41) is 8.39. The van der Waals surface area contributed by atoms with Gasteiger partial charge in [-0.2, -0.15) is 4.31 Å². The van der Waals surface area contributed by atoms with Crippen LogP contribution in [0, 0.1) is 17.2 Å². The summed E-state index contributed by atoms with van der Waals surface area (Å²) in [6.07, 6.45) is 3.54. The van der Waals surface area contributed by atoms with Gasteiger partial charge in [0.25, 0.3) is 0 Å². The number of nitrogens with zero attached hydrogens (tertiary/aromatic N) is 5. The van der Waals surface area contributed by atoms with E-state index in [0.29, 0.717) is 31.7 Å². The fourth-order valence-corrected chi connectivity index (χ4v) is 6.07. The van der Waals surface area contributed by atoms with Crippen LogP contribution in [0.25, 0.3) is 11.3 Å². The minimum Gasteiger partial charge on any atom is -0.336 e. The Balaban J connectivity index is 1.60. The molecule has 0 radical (unpaired) electrons. The van der Waals surface area contributed by atoms with Crippen molar-refractivity contribution >= 4 is 15.9 Å². The van der Waals surface area contributed by atoms with Crippen molar-refractivity contribution < 1.29 is 17.6 Å². The highest BCUT2D eigenvalue weighted by Crippen LogP contribution is 2.39. The van der Waals surface area contributed by atoms with Gasteiger partial charge in [-0.25, -0.2) is 12.8 Å². The molecule has 9 nitrogen and oxygen atoms in total. The number of benzene rings is 1. The minimum atomic E-state index is -3.44. The Morgan fingerprint density at radius 2 is 1.94 bits per heavy atom. The Bertz CT molecular complexity index is 1130. The third-order valence-electron chi connectivity index (χ3n) is 6.70. The number of carbonyl (C=O) groups is 1. The lowest BCUT2D eigenvalue weighted by atomic mass is 9.86. The largest absolute Gasteiger partial charge is 0.336 e. The summed E-state index contributed by atoms with van der Waals surface area (Å²) in [6, 6.07) is 4.75. The van der Waals surface area contributed by atoms with Crippen molar-refractivity contribution in [3.8, 4) is 11.3 Å². The summed E-state index contributed by atoms with van der Waals surface area (Å²) in [5.41, 5.74) is 7.20. The molecule has 4 rings (SSSR count). The topological polar surface area (TPSA) is 114 Å². The molecule has 1 aromatic carbocycles. The molecule has 0 saturated carbocycles. The van der Waals surface area contributed by atoms with Crippen molar-refractivity contribution in [1.82, 2.24) is 24.2 Å². The summed E-state index contributed by atoms with van der Waals surface area (Å²) in [5.74, 6) is -0.643. The molecule has 2 fully saturated rings. The number of rotatable bonds is 5. The van der Waals surface area contributed by atoms with Crippen LogP contribution < -0.4 is 5.73 Å². The molecule has 2 aliphatic heterocycles. The predicted octanol–water partition coefficient (Wildman–Crippen LogP) is 1.32. The van der Waals surface area contributed by atoms with Crippen LogP contribution in [0.5, 0.6) is 0 Å². The molecule has 11 heteroatoms. The van der Waals surface area contributed by atoms with Crippen molar-refractivity contribution in [2.24, 2.45) is 17.1 Å². The Labute approximate surface area is 193 Å². The molecule has 180 valence electrons. The number of hydrogen-bond acceptors (Lipinski definition) is 6. The number of fused-ring (bicyclic) bond motifs is 1. The highest BCUT2D eigenvalue weighted by Gasteiger charge is 2.53. The first-order chi connectivity index (χ1) is 15.4. The van der Waals surface area contributed by atoms with E-state index in [1.54, 1.807) is 27.9 Å². The van der Waals surface area contributed by atoms with Crippen molar-refractivity contribution in [3.05, 3.63) is 36.3 Å². The average molecular weight is 479 g/mol. The number of likely N-dealkylation sites (tertiary alicyclic amines) is 1. The van der Waals surface area contributed by atoms with Crippen LogP contribution in [0.15, 0.2) is 30.5 Å². The number of nitrogens with two attached hydrogens (primary N) is 1. The Morgan fingerprint density at radius 3 is 2.55 bits per heavy atom. The summed E-state index contributed by atoms with van der Waals surface area (Å²) in [7, 11) is -3.44. The third kappa shape index (κ3) is 4.67. The van der Waals surface area contributed by atoms with Gasteiger partial charge in [-0.1, -0.05) is 26.0 Å². The van der Waals surface area contributed by atoms with Crippen LogP contribution in [0.4, 0.5) is 4.39 Å². The molecule has 0 aliphatic carbocycles. The minimum absolute atomic E-state index is 0.152. The van der Waals surface area contributed by atoms with E-state index in [-0.39, 0.29) is 29.7 Å². The Kier molecular flexibility index (Phi) is 6.08. The fraction of sp³-hybridized carbons (Fsp3) is 0.591. The molecule has 1 aromatic heterocycles. The number of hydrogen-bond donors (Lipinski definition) is 1. The first kappa shape index (κ1) is 23.8. The zero-order chi connectivity index (χ0) is 24.1. The fourth-order valence-electron chi connectivity index (χ4n) is 4.89. The van der Waals surface area contributed by atoms with Crippen LogP contribution in [-0.4, -0.2) is 76.0 Å². The van der Waals surface area contributed by atoms with Crippen LogP contribution in [0.2, 0.25) is 0 Å². The van der Waals surface area contributed by atoms with Gasteiger partial charge < -0.3 is 10.6 Å². The van der Waals surface area contributed by atoms with Gasteiger partial charge in [0.05, 0.1) is 24.5 Å². The Morgan fingerprint density at radius 1 is 1.27 bits per heavy atom. The number of amides is 1. The van der Waals surface area contributed by atoms with Gasteiger partial charge in [0.15, 0.2) is 0 Å².